The van der Waals surface area contributed by atoms with Gasteiger partial charge in [-0.15, -0.1) is 24.0 Å². The summed E-state index contributed by atoms with van der Waals surface area (Å²) >= 11 is 0. The van der Waals surface area contributed by atoms with Crippen molar-refractivity contribution in [2.45, 2.75) is 58.0 Å². The van der Waals surface area contributed by atoms with E-state index < -0.39 is 0 Å². The van der Waals surface area contributed by atoms with Crippen LogP contribution in [0.1, 0.15) is 51.9 Å². The van der Waals surface area contributed by atoms with Crippen LogP contribution in [0.3, 0.4) is 0 Å². The zero-order valence-corrected chi connectivity index (χ0v) is 17.4. The number of halogens is 1. The molecule has 5 nitrogen and oxygen atoms in total. The molecule has 140 valence electrons. The number of nitrogens with one attached hydrogen (secondary N) is 1. The molecule has 3 fully saturated rings. The van der Waals surface area contributed by atoms with E-state index in [1.807, 2.05) is 0 Å². The van der Waals surface area contributed by atoms with Crippen LogP contribution in [0.2, 0.25) is 0 Å². The fourth-order valence-electron chi connectivity index (χ4n) is 3.97. The normalized spacial score (nSPS) is 25.6. The number of hydrogen-bond acceptors (Lipinski definition) is 3. The van der Waals surface area contributed by atoms with Gasteiger partial charge in [-0.1, -0.05) is 6.42 Å². The summed E-state index contributed by atoms with van der Waals surface area (Å²) in [7, 11) is 0. The lowest BCUT2D eigenvalue weighted by molar-refractivity contribution is 0.0170. The maximum absolute atomic E-state index is 5.72. The van der Waals surface area contributed by atoms with Crippen molar-refractivity contribution in [2.75, 3.05) is 46.0 Å². The molecule has 0 radical (unpaired) electrons. The van der Waals surface area contributed by atoms with Gasteiger partial charge in [0.05, 0.1) is 12.7 Å². The van der Waals surface area contributed by atoms with Crippen molar-refractivity contribution >= 4 is 29.9 Å². The standard InChI is InChI=1S/C18H33N3O2.HI/c1-2-19-17(21-11-9-18(15-21)7-4-8-18)20-10-5-12-22-14-16-6-3-13-23-16;/h16H,2-15H2,1H3,(H,19,20);1H. The van der Waals surface area contributed by atoms with Gasteiger partial charge in [-0.25, -0.2) is 0 Å². The second kappa shape index (κ2) is 10.2. The van der Waals surface area contributed by atoms with Crippen LogP contribution in [0.5, 0.6) is 0 Å². The molecule has 1 atom stereocenters. The predicted molar refractivity (Wildman–Crippen MR) is 108 cm³/mol. The van der Waals surface area contributed by atoms with E-state index in [-0.39, 0.29) is 24.0 Å². The third-order valence-corrected chi connectivity index (χ3v) is 5.52. The van der Waals surface area contributed by atoms with E-state index in [0.29, 0.717) is 11.5 Å². The van der Waals surface area contributed by atoms with Crippen LogP contribution in [-0.4, -0.2) is 63.0 Å². The molecule has 2 aliphatic heterocycles. The van der Waals surface area contributed by atoms with E-state index in [4.69, 9.17) is 14.5 Å². The highest BCUT2D eigenvalue weighted by atomic mass is 127. The third kappa shape index (κ3) is 5.46. The molecule has 1 unspecified atom stereocenters. The lowest BCUT2D eigenvalue weighted by Crippen LogP contribution is -2.42. The highest BCUT2D eigenvalue weighted by Crippen LogP contribution is 2.47. The average Bonchev–Trinajstić information content (AvgIpc) is 3.18. The molecule has 6 heteroatoms. The highest BCUT2D eigenvalue weighted by Gasteiger charge is 2.43. The first-order valence-electron chi connectivity index (χ1n) is 9.54. The van der Waals surface area contributed by atoms with Gasteiger partial charge in [0.15, 0.2) is 5.96 Å². The molecule has 1 aliphatic carbocycles. The zero-order valence-electron chi connectivity index (χ0n) is 15.1. The van der Waals surface area contributed by atoms with E-state index in [2.05, 4.69) is 17.1 Å². The Bertz CT molecular complexity index is 396. The van der Waals surface area contributed by atoms with Crippen molar-refractivity contribution in [3.05, 3.63) is 0 Å². The van der Waals surface area contributed by atoms with Gasteiger partial charge in [-0.05, 0) is 50.9 Å². The Labute approximate surface area is 164 Å². The fourth-order valence-corrected chi connectivity index (χ4v) is 3.97. The minimum atomic E-state index is 0. The highest BCUT2D eigenvalue weighted by molar-refractivity contribution is 14.0. The second-order valence-electron chi connectivity index (χ2n) is 7.32. The number of rotatable bonds is 7. The third-order valence-electron chi connectivity index (χ3n) is 5.52. The summed E-state index contributed by atoms with van der Waals surface area (Å²) in [5.41, 5.74) is 0.626. The van der Waals surface area contributed by atoms with Gasteiger partial charge < -0.3 is 19.7 Å². The van der Waals surface area contributed by atoms with Crippen molar-refractivity contribution in [1.82, 2.24) is 10.2 Å². The van der Waals surface area contributed by atoms with Gasteiger partial charge >= 0.3 is 0 Å². The molecule has 0 aromatic rings. The molecule has 2 heterocycles. The molecule has 1 saturated carbocycles. The van der Waals surface area contributed by atoms with Gasteiger partial charge in [-0.3, -0.25) is 4.99 Å². The van der Waals surface area contributed by atoms with Gasteiger partial charge in [-0.2, -0.15) is 0 Å². The van der Waals surface area contributed by atoms with E-state index in [0.717, 1.165) is 51.7 Å². The minimum Gasteiger partial charge on any atom is -0.379 e. The molecule has 3 aliphatic rings. The van der Waals surface area contributed by atoms with Crippen molar-refractivity contribution in [2.24, 2.45) is 10.4 Å². The maximum atomic E-state index is 5.72. The summed E-state index contributed by atoms with van der Waals surface area (Å²) in [5.74, 6) is 1.11. The molecular weight excluding hydrogens is 417 g/mol. The summed E-state index contributed by atoms with van der Waals surface area (Å²) in [4.78, 5) is 7.28. The smallest absolute Gasteiger partial charge is 0.193 e. The summed E-state index contributed by atoms with van der Waals surface area (Å²) in [6, 6.07) is 0. The second-order valence-corrected chi connectivity index (χ2v) is 7.32. The first-order chi connectivity index (χ1) is 11.3. The summed E-state index contributed by atoms with van der Waals surface area (Å²) in [5, 5.41) is 3.46. The largest absolute Gasteiger partial charge is 0.379 e. The van der Waals surface area contributed by atoms with Crippen LogP contribution in [0.15, 0.2) is 4.99 Å². The number of ether oxygens (including phenoxy) is 2. The molecule has 0 bridgehead atoms. The first-order valence-corrected chi connectivity index (χ1v) is 9.54. The van der Waals surface area contributed by atoms with Crippen LogP contribution in [-0.2, 0) is 9.47 Å². The number of hydrogen-bond donors (Lipinski definition) is 1. The SMILES string of the molecule is CCNC(=NCCCOCC1CCCO1)N1CCC2(CCC2)C1.I. The van der Waals surface area contributed by atoms with Crippen molar-refractivity contribution in [3.8, 4) is 0 Å². The molecule has 24 heavy (non-hydrogen) atoms. The van der Waals surface area contributed by atoms with Crippen LogP contribution < -0.4 is 5.32 Å². The Morgan fingerprint density at radius 1 is 1.33 bits per heavy atom. The molecule has 1 spiro atoms. The van der Waals surface area contributed by atoms with Crippen LogP contribution >= 0.6 is 24.0 Å². The monoisotopic (exact) mass is 451 g/mol. The number of guanidine groups is 1. The Balaban J connectivity index is 0.00000208. The lowest BCUT2D eigenvalue weighted by Gasteiger charge is -2.38. The van der Waals surface area contributed by atoms with Gasteiger partial charge in [0.1, 0.15) is 0 Å². The molecule has 1 N–H and O–H groups in total. The van der Waals surface area contributed by atoms with Crippen molar-refractivity contribution in [1.29, 1.82) is 0 Å². The first kappa shape index (κ1) is 20.2. The molecule has 2 saturated heterocycles. The van der Waals surface area contributed by atoms with E-state index in [9.17, 15) is 0 Å². The van der Waals surface area contributed by atoms with Crippen molar-refractivity contribution in [3.63, 3.8) is 0 Å². The van der Waals surface area contributed by atoms with Gasteiger partial charge in [0, 0.05) is 39.4 Å². The minimum absolute atomic E-state index is 0. The van der Waals surface area contributed by atoms with Crippen LogP contribution in [0, 0.1) is 5.41 Å². The topological polar surface area (TPSA) is 46.1 Å². The van der Waals surface area contributed by atoms with E-state index in [1.54, 1.807) is 0 Å². The Morgan fingerprint density at radius 3 is 2.83 bits per heavy atom. The zero-order chi connectivity index (χ0) is 16.0. The summed E-state index contributed by atoms with van der Waals surface area (Å²) in [6.45, 7) is 8.74. The summed E-state index contributed by atoms with van der Waals surface area (Å²) < 4.78 is 11.3. The number of aliphatic imine (C=N–C) groups is 1. The molecule has 3 rings (SSSR count). The Morgan fingerprint density at radius 2 is 2.21 bits per heavy atom. The fraction of sp³-hybridized carbons (Fsp3) is 0.944. The molecule has 0 aromatic heterocycles. The van der Waals surface area contributed by atoms with E-state index >= 15 is 0 Å². The molecule has 0 aromatic carbocycles. The van der Waals surface area contributed by atoms with Gasteiger partial charge in [0.25, 0.3) is 0 Å². The van der Waals surface area contributed by atoms with Crippen molar-refractivity contribution < 1.29 is 9.47 Å². The quantitative estimate of drug-likeness (QED) is 0.280. The van der Waals surface area contributed by atoms with Crippen LogP contribution in [0.25, 0.3) is 0 Å². The number of likely N-dealkylation sites (tertiary alicyclic amines) is 1. The maximum Gasteiger partial charge on any atom is 0.193 e. The predicted octanol–water partition coefficient (Wildman–Crippen LogP) is 3.03. The van der Waals surface area contributed by atoms with E-state index in [1.165, 1.54) is 45.2 Å². The molecular formula is C18H34IN3O2. The van der Waals surface area contributed by atoms with Gasteiger partial charge in [0.2, 0.25) is 0 Å². The Hall–Kier alpha value is -0.0800. The lowest BCUT2D eigenvalue weighted by atomic mass is 9.68. The number of nitrogens with zero attached hydrogens (tertiary/aromatic N) is 2. The molecule has 0 amide bonds. The summed E-state index contributed by atoms with van der Waals surface area (Å²) in [6.07, 6.45) is 9.26. The average molecular weight is 451 g/mol. The van der Waals surface area contributed by atoms with Crippen LogP contribution in [0.4, 0.5) is 0 Å². The Kier molecular flexibility index (Phi) is 8.57.